The molecule has 1 unspecified atom stereocenters. The van der Waals surface area contributed by atoms with Gasteiger partial charge in [0.1, 0.15) is 0 Å². The first-order valence-corrected chi connectivity index (χ1v) is 9.01. The van der Waals surface area contributed by atoms with E-state index in [4.69, 9.17) is 5.73 Å². The first kappa shape index (κ1) is 19.9. The Labute approximate surface area is 128 Å². The summed E-state index contributed by atoms with van der Waals surface area (Å²) in [6.45, 7) is 13.5. The van der Waals surface area contributed by atoms with Crippen LogP contribution in [0.2, 0.25) is 0 Å². The predicted molar refractivity (Wildman–Crippen MR) is 92.2 cm³/mol. The number of likely N-dealkylation sites (N-methyl/N-ethyl adjacent to an activating group) is 1. The summed E-state index contributed by atoms with van der Waals surface area (Å²) >= 11 is 0. The highest BCUT2D eigenvalue weighted by Crippen LogP contribution is 2.21. The molecule has 0 aliphatic rings. The number of nitrogens with two attached hydrogens (primary N) is 1. The highest BCUT2D eigenvalue weighted by atomic mass is 15.2. The first-order chi connectivity index (χ1) is 9.50. The van der Waals surface area contributed by atoms with Crippen LogP contribution in [-0.4, -0.2) is 29.6 Å². The van der Waals surface area contributed by atoms with Gasteiger partial charge in [-0.15, -0.1) is 0 Å². The molecule has 0 aromatic carbocycles. The minimum absolute atomic E-state index is 0.130. The Morgan fingerprint density at radius 2 is 1.25 bits per heavy atom. The second kappa shape index (κ2) is 11.6. The maximum Gasteiger partial charge on any atom is 0.0303 e. The van der Waals surface area contributed by atoms with Gasteiger partial charge in [-0.3, -0.25) is 4.90 Å². The van der Waals surface area contributed by atoms with Crippen LogP contribution < -0.4 is 5.73 Å². The Morgan fingerprint density at radius 3 is 1.70 bits per heavy atom. The fraction of sp³-hybridized carbons (Fsp3) is 1.00. The van der Waals surface area contributed by atoms with Crippen LogP contribution in [0.5, 0.6) is 0 Å². The van der Waals surface area contributed by atoms with E-state index in [0.717, 1.165) is 13.1 Å². The molecule has 0 saturated heterocycles. The SMILES string of the molecule is CCCCCCCCCCC(N)C(C)(C)N(CC)CC. The van der Waals surface area contributed by atoms with E-state index in [1.165, 1.54) is 57.8 Å². The van der Waals surface area contributed by atoms with Gasteiger partial charge in [-0.2, -0.15) is 0 Å². The van der Waals surface area contributed by atoms with Gasteiger partial charge in [0.25, 0.3) is 0 Å². The lowest BCUT2D eigenvalue weighted by Crippen LogP contribution is -2.55. The van der Waals surface area contributed by atoms with Crippen LogP contribution in [0.25, 0.3) is 0 Å². The molecule has 0 rings (SSSR count). The third-order valence-electron chi connectivity index (χ3n) is 4.85. The summed E-state index contributed by atoms with van der Waals surface area (Å²) in [4.78, 5) is 2.49. The van der Waals surface area contributed by atoms with Gasteiger partial charge in [0.15, 0.2) is 0 Å². The summed E-state index contributed by atoms with van der Waals surface area (Å²) in [5.41, 5.74) is 6.57. The number of nitrogens with zero attached hydrogens (tertiary/aromatic N) is 1. The number of rotatable bonds is 13. The van der Waals surface area contributed by atoms with E-state index in [1.807, 2.05) is 0 Å². The molecule has 2 nitrogen and oxygen atoms in total. The quantitative estimate of drug-likeness (QED) is 0.484. The summed E-state index contributed by atoms with van der Waals surface area (Å²) in [6.07, 6.45) is 12.2. The van der Waals surface area contributed by atoms with Gasteiger partial charge in [-0.05, 0) is 33.4 Å². The Bertz CT molecular complexity index is 209. The van der Waals surface area contributed by atoms with Gasteiger partial charge in [0.05, 0.1) is 0 Å². The molecule has 0 aliphatic carbocycles. The summed E-state index contributed by atoms with van der Waals surface area (Å²) in [7, 11) is 0. The number of unbranched alkanes of at least 4 members (excludes halogenated alkanes) is 7. The van der Waals surface area contributed by atoms with Gasteiger partial charge < -0.3 is 5.73 Å². The van der Waals surface area contributed by atoms with Crippen molar-refractivity contribution in [3.05, 3.63) is 0 Å². The summed E-state index contributed by atoms with van der Waals surface area (Å²) in [5, 5.41) is 0. The molecule has 0 aromatic heterocycles. The van der Waals surface area contributed by atoms with Crippen molar-refractivity contribution >= 4 is 0 Å². The lowest BCUT2D eigenvalue weighted by molar-refractivity contribution is 0.102. The monoisotopic (exact) mass is 284 g/mol. The lowest BCUT2D eigenvalue weighted by atomic mass is 9.88. The largest absolute Gasteiger partial charge is 0.326 e. The molecule has 2 N–H and O–H groups in total. The average Bonchev–Trinajstić information content (AvgIpc) is 2.42. The third-order valence-corrected chi connectivity index (χ3v) is 4.85. The van der Waals surface area contributed by atoms with Crippen molar-refractivity contribution in [3.8, 4) is 0 Å². The molecule has 0 radical (unpaired) electrons. The standard InChI is InChI=1S/C18H40N2/c1-6-9-10-11-12-13-14-15-16-17(19)18(4,5)20(7-2)8-3/h17H,6-16,19H2,1-5H3. The molecule has 0 aliphatic heterocycles. The summed E-state index contributed by atoms with van der Waals surface area (Å²) in [6, 6.07) is 0.294. The number of hydrogen-bond acceptors (Lipinski definition) is 2. The molecule has 0 aromatic rings. The van der Waals surface area contributed by atoms with Crippen LogP contribution in [0, 0.1) is 0 Å². The van der Waals surface area contributed by atoms with E-state index >= 15 is 0 Å². The second-order valence-corrected chi connectivity index (χ2v) is 6.70. The lowest BCUT2D eigenvalue weighted by Gasteiger charge is -2.42. The molecule has 122 valence electrons. The van der Waals surface area contributed by atoms with Crippen LogP contribution in [0.4, 0.5) is 0 Å². The van der Waals surface area contributed by atoms with Gasteiger partial charge in [-0.1, -0.05) is 72.1 Å². The van der Waals surface area contributed by atoms with Crippen molar-refractivity contribution < 1.29 is 0 Å². The molecule has 20 heavy (non-hydrogen) atoms. The van der Waals surface area contributed by atoms with E-state index < -0.39 is 0 Å². The Kier molecular flexibility index (Phi) is 11.5. The molecule has 0 amide bonds. The molecular formula is C18H40N2. The van der Waals surface area contributed by atoms with E-state index in [-0.39, 0.29) is 5.54 Å². The van der Waals surface area contributed by atoms with Crippen LogP contribution in [0.1, 0.15) is 92.4 Å². The van der Waals surface area contributed by atoms with Crippen molar-refractivity contribution in [2.24, 2.45) is 5.73 Å². The smallest absolute Gasteiger partial charge is 0.0303 e. The minimum atomic E-state index is 0.130. The van der Waals surface area contributed by atoms with Crippen molar-refractivity contribution in [2.45, 2.75) is 104 Å². The van der Waals surface area contributed by atoms with Gasteiger partial charge in [-0.25, -0.2) is 0 Å². The van der Waals surface area contributed by atoms with E-state index in [2.05, 4.69) is 39.5 Å². The topological polar surface area (TPSA) is 29.3 Å². The number of hydrogen-bond donors (Lipinski definition) is 1. The fourth-order valence-electron chi connectivity index (χ4n) is 3.12. The summed E-state index contributed by atoms with van der Waals surface area (Å²) in [5.74, 6) is 0. The van der Waals surface area contributed by atoms with E-state index in [9.17, 15) is 0 Å². The van der Waals surface area contributed by atoms with Crippen LogP contribution >= 0.6 is 0 Å². The normalized spacial score (nSPS) is 13.9. The fourth-order valence-corrected chi connectivity index (χ4v) is 3.12. The summed E-state index contributed by atoms with van der Waals surface area (Å²) < 4.78 is 0. The molecular weight excluding hydrogens is 244 g/mol. The first-order valence-electron chi connectivity index (χ1n) is 9.01. The molecule has 2 heteroatoms. The third kappa shape index (κ3) is 7.64. The highest BCUT2D eigenvalue weighted by molar-refractivity contribution is 4.90. The van der Waals surface area contributed by atoms with Gasteiger partial charge in [0, 0.05) is 11.6 Å². The molecule has 1 atom stereocenters. The average molecular weight is 285 g/mol. The van der Waals surface area contributed by atoms with Crippen molar-refractivity contribution in [3.63, 3.8) is 0 Å². The molecule has 0 bridgehead atoms. The van der Waals surface area contributed by atoms with Gasteiger partial charge >= 0.3 is 0 Å². The Balaban J connectivity index is 3.73. The molecule has 0 fully saturated rings. The molecule has 0 heterocycles. The maximum absolute atomic E-state index is 6.44. The van der Waals surface area contributed by atoms with E-state index in [0.29, 0.717) is 6.04 Å². The van der Waals surface area contributed by atoms with Crippen LogP contribution in [-0.2, 0) is 0 Å². The second-order valence-electron chi connectivity index (χ2n) is 6.70. The zero-order valence-corrected chi connectivity index (χ0v) is 14.9. The maximum atomic E-state index is 6.44. The van der Waals surface area contributed by atoms with E-state index in [1.54, 1.807) is 0 Å². The van der Waals surface area contributed by atoms with Crippen molar-refractivity contribution in [1.29, 1.82) is 0 Å². The zero-order valence-electron chi connectivity index (χ0n) is 14.9. The highest BCUT2D eigenvalue weighted by Gasteiger charge is 2.30. The molecule has 0 saturated carbocycles. The van der Waals surface area contributed by atoms with Gasteiger partial charge in [0.2, 0.25) is 0 Å². The Morgan fingerprint density at radius 1 is 0.800 bits per heavy atom. The van der Waals surface area contributed by atoms with Crippen LogP contribution in [0.3, 0.4) is 0 Å². The Hall–Kier alpha value is -0.0800. The van der Waals surface area contributed by atoms with Crippen molar-refractivity contribution in [1.82, 2.24) is 4.90 Å². The molecule has 0 spiro atoms. The predicted octanol–water partition coefficient (Wildman–Crippen LogP) is 4.96. The zero-order chi connectivity index (χ0) is 15.4. The van der Waals surface area contributed by atoms with Crippen molar-refractivity contribution in [2.75, 3.05) is 13.1 Å². The minimum Gasteiger partial charge on any atom is -0.326 e. The van der Waals surface area contributed by atoms with Crippen LogP contribution in [0.15, 0.2) is 0 Å².